The third-order valence-electron chi connectivity index (χ3n) is 3.29. The van der Waals surface area contributed by atoms with Gasteiger partial charge in [0, 0.05) is 11.6 Å². The third kappa shape index (κ3) is 8.20. The van der Waals surface area contributed by atoms with Gasteiger partial charge in [0.1, 0.15) is 11.8 Å². The van der Waals surface area contributed by atoms with Gasteiger partial charge in [0.25, 0.3) is 0 Å². The van der Waals surface area contributed by atoms with E-state index in [1.165, 1.54) is 7.11 Å². The Labute approximate surface area is 152 Å². The molecule has 0 aliphatic heterocycles. The highest BCUT2D eigenvalue weighted by Gasteiger charge is 2.21. The lowest BCUT2D eigenvalue weighted by Gasteiger charge is -2.16. The maximum Gasteiger partial charge on any atom is 0.321 e. The molecule has 140 valence electrons. The van der Waals surface area contributed by atoms with Crippen LogP contribution < -0.4 is 15.4 Å². The Bertz CT molecular complexity index is 580. The molecule has 0 saturated carbocycles. The van der Waals surface area contributed by atoms with E-state index in [2.05, 4.69) is 10.6 Å². The molecule has 0 aromatic heterocycles. The van der Waals surface area contributed by atoms with Crippen LogP contribution in [0.4, 0.5) is 5.69 Å². The van der Waals surface area contributed by atoms with Gasteiger partial charge in [0.15, 0.2) is 0 Å². The summed E-state index contributed by atoms with van der Waals surface area (Å²) in [5.41, 5.74) is 0.398. The molecule has 8 heteroatoms. The van der Waals surface area contributed by atoms with Gasteiger partial charge in [-0.05, 0) is 45.0 Å². The monoisotopic (exact) mass is 372 g/mol. The lowest BCUT2D eigenvalue weighted by Crippen LogP contribution is -2.40. The number of carboxylic acid groups (broad SMARTS) is 1. The molecule has 0 bridgehead atoms. The molecule has 0 radical (unpaired) electrons. The smallest absolute Gasteiger partial charge is 0.321 e. The van der Waals surface area contributed by atoms with Crippen LogP contribution in [0.1, 0.15) is 26.7 Å². The van der Waals surface area contributed by atoms with E-state index in [9.17, 15) is 14.7 Å². The molecule has 0 spiro atoms. The number of amides is 1. The highest BCUT2D eigenvalue weighted by atomic mass is 35.5. The summed E-state index contributed by atoms with van der Waals surface area (Å²) in [7, 11) is 1.47. The van der Waals surface area contributed by atoms with Crippen LogP contribution in [-0.2, 0) is 14.3 Å². The van der Waals surface area contributed by atoms with Crippen molar-refractivity contribution in [1.82, 2.24) is 5.32 Å². The Balaban J connectivity index is 2.53. The van der Waals surface area contributed by atoms with E-state index >= 15 is 0 Å². The summed E-state index contributed by atoms with van der Waals surface area (Å²) in [5, 5.41) is 15.2. The van der Waals surface area contributed by atoms with Crippen molar-refractivity contribution in [3.05, 3.63) is 23.2 Å². The Morgan fingerprint density at radius 2 is 2.04 bits per heavy atom. The maximum absolute atomic E-state index is 12.1. The van der Waals surface area contributed by atoms with Crippen molar-refractivity contribution in [1.29, 1.82) is 0 Å². The second kappa shape index (κ2) is 10.9. The topological polar surface area (TPSA) is 96.9 Å². The number of halogens is 1. The van der Waals surface area contributed by atoms with Crippen LogP contribution in [0.2, 0.25) is 5.02 Å². The molecule has 1 amide bonds. The fourth-order valence-corrected chi connectivity index (χ4v) is 2.25. The van der Waals surface area contributed by atoms with Gasteiger partial charge in [-0.15, -0.1) is 0 Å². The zero-order chi connectivity index (χ0) is 18.8. The van der Waals surface area contributed by atoms with Crippen molar-refractivity contribution in [3.63, 3.8) is 0 Å². The third-order valence-corrected chi connectivity index (χ3v) is 3.52. The fraction of sp³-hybridized carbons (Fsp3) is 0.529. The van der Waals surface area contributed by atoms with Gasteiger partial charge in [-0.2, -0.15) is 0 Å². The van der Waals surface area contributed by atoms with Crippen LogP contribution >= 0.6 is 11.6 Å². The Morgan fingerprint density at radius 3 is 2.64 bits per heavy atom. The fourth-order valence-electron chi connectivity index (χ4n) is 2.08. The second-order valence-corrected chi connectivity index (χ2v) is 6.15. The summed E-state index contributed by atoms with van der Waals surface area (Å²) in [6, 6.07) is 3.82. The van der Waals surface area contributed by atoms with E-state index in [0.717, 1.165) is 0 Å². The number of rotatable bonds is 11. The first-order chi connectivity index (χ1) is 11.8. The normalized spacial score (nSPS) is 12.0. The standard InChI is InChI=1S/C17H25ClN2O5/c1-11(2)25-8-4-7-19-14(17(22)23)10-16(21)20-13-9-12(18)5-6-15(13)24-3/h5-6,9,11,14,19H,4,7-8,10H2,1-3H3,(H,20,21)(H,22,23). The predicted octanol–water partition coefficient (Wildman–Crippen LogP) is 2.54. The number of benzene rings is 1. The summed E-state index contributed by atoms with van der Waals surface area (Å²) in [6.45, 7) is 4.84. The van der Waals surface area contributed by atoms with E-state index < -0.39 is 17.9 Å². The van der Waals surface area contributed by atoms with Crippen LogP contribution in [0.15, 0.2) is 18.2 Å². The van der Waals surface area contributed by atoms with Crippen molar-refractivity contribution < 1.29 is 24.2 Å². The number of carbonyl (C=O) groups is 2. The van der Waals surface area contributed by atoms with Gasteiger partial charge in [-0.25, -0.2) is 0 Å². The molecule has 1 unspecified atom stereocenters. The SMILES string of the molecule is COc1ccc(Cl)cc1NC(=O)CC(NCCCOC(C)C)C(=O)O. The van der Waals surface area contributed by atoms with Crippen molar-refractivity contribution >= 4 is 29.2 Å². The van der Waals surface area contributed by atoms with E-state index in [0.29, 0.717) is 36.0 Å². The van der Waals surface area contributed by atoms with Gasteiger partial charge in [0.05, 0.1) is 25.3 Å². The number of methoxy groups -OCH3 is 1. The molecule has 1 aromatic rings. The molecule has 0 heterocycles. The van der Waals surface area contributed by atoms with Crippen molar-refractivity contribution in [2.24, 2.45) is 0 Å². The molecule has 1 atom stereocenters. The minimum absolute atomic E-state index is 0.133. The summed E-state index contributed by atoms with van der Waals surface area (Å²) < 4.78 is 10.5. The van der Waals surface area contributed by atoms with Gasteiger partial charge in [-0.1, -0.05) is 11.6 Å². The Kier molecular flexibility index (Phi) is 9.26. The highest BCUT2D eigenvalue weighted by molar-refractivity contribution is 6.31. The molecule has 0 aliphatic carbocycles. The van der Waals surface area contributed by atoms with E-state index in [-0.39, 0.29) is 12.5 Å². The number of anilines is 1. The Morgan fingerprint density at radius 1 is 1.32 bits per heavy atom. The summed E-state index contributed by atoms with van der Waals surface area (Å²) in [5.74, 6) is -1.08. The van der Waals surface area contributed by atoms with E-state index in [4.69, 9.17) is 21.1 Å². The number of nitrogens with one attached hydrogen (secondary N) is 2. The lowest BCUT2D eigenvalue weighted by atomic mass is 10.2. The number of carbonyl (C=O) groups excluding carboxylic acids is 1. The molecule has 1 rings (SSSR count). The average Bonchev–Trinajstić information content (AvgIpc) is 2.53. The molecule has 3 N–H and O–H groups in total. The quantitative estimate of drug-likeness (QED) is 0.516. The Hall–Kier alpha value is -1.83. The van der Waals surface area contributed by atoms with Crippen LogP contribution in [0.25, 0.3) is 0 Å². The van der Waals surface area contributed by atoms with Crippen molar-refractivity contribution in [3.8, 4) is 5.75 Å². The highest BCUT2D eigenvalue weighted by Crippen LogP contribution is 2.27. The number of hydrogen-bond donors (Lipinski definition) is 3. The number of ether oxygens (including phenoxy) is 2. The number of carboxylic acids is 1. The van der Waals surface area contributed by atoms with Crippen molar-refractivity contribution in [2.75, 3.05) is 25.6 Å². The average molecular weight is 373 g/mol. The number of hydrogen-bond acceptors (Lipinski definition) is 5. The van der Waals surface area contributed by atoms with Crippen LogP contribution in [-0.4, -0.2) is 49.4 Å². The van der Waals surface area contributed by atoms with Crippen LogP contribution in [0, 0.1) is 0 Å². The van der Waals surface area contributed by atoms with E-state index in [1.54, 1.807) is 18.2 Å². The zero-order valence-corrected chi connectivity index (χ0v) is 15.4. The first kappa shape index (κ1) is 21.2. The molecule has 7 nitrogen and oxygen atoms in total. The van der Waals surface area contributed by atoms with Gasteiger partial charge in [0.2, 0.25) is 5.91 Å². The first-order valence-corrected chi connectivity index (χ1v) is 8.42. The van der Waals surface area contributed by atoms with Crippen molar-refractivity contribution in [2.45, 2.75) is 38.8 Å². The van der Waals surface area contributed by atoms with Gasteiger partial charge >= 0.3 is 5.97 Å². The molecule has 0 saturated heterocycles. The largest absolute Gasteiger partial charge is 0.495 e. The van der Waals surface area contributed by atoms with Crippen LogP contribution in [0.3, 0.4) is 0 Å². The molecular weight excluding hydrogens is 348 g/mol. The summed E-state index contributed by atoms with van der Waals surface area (Å²) >= 11 is 5.91. The first-order valence-electron chi connectivity index (χ1n) is 8.04. The molecule has 25 heavy (non-hydrogen) atoms. The summed E-state index contributed by atoms with van der Waals surface area (Å²) in [6.07, 6.45) is 0.579. The van der Waals surface area contributed by atoms with Gasteiger partial charge < -0.3 is 25.2 Å². The summed E-state index contributed by atoms with van der Waals surface area (Å²) in [4.78, 5) is 23.5. The second-order valence-electron chi connectivity index (χ2n) is 5.71. The maximum atomic E-state index is 12.1. The minimum atomic E-state index is -1.09. The molecular formula is C17H25ClN2O5. The predicted molar refractivity (Wildman–Crippen MR) is 96.4 cm³/mol. The molecule has 0 aliphatic rings. The molecule has 1 aromatic carbocycles. The number of aliphatic carboxylic acids is 1. The van der Waals surface area contributed by atoms with Gasteiger partial charge in [-0.3, -0.25) is 9.59 Å². The lowest BCUT2D eigenvalue weighted by molar-refractivity contribution is -0.141. The van der Waals surface area contributed by atoms with Crippen LogP contribution in [0.5, 0.6) is 5.75 Å². The minimum Gasteiger partial charge on any atom is -0.495 e. The molecule has 0 fully saturated rings. The van der Waals surface area contributed by atoms with E-state index in [1.807, 2.05) is 13.8 Å². The zero-order valence-electron chi connectivity index (χ0n) is 14.7.